The number of likely N-dealkylation sites (N-methyl/N-ethyl adjacent to an activating group) is 1. The van der Waals surface area contributed by atoms with Gasteiger partial charge in [0, 0.05) is 19.0 Å². The minimum Gasteiger partial charge on any atom is -0.360 e. The smallest absolute Gasteiger partial charge is 0.241 e. The zero-order chi connectivity index (χ0) is 15.0. The van der Waals surface area contributed by atoms with Crippen molar-refractivity contribution in [2.24, 2.45) is 5.92 Å². The van der Waals surface area contributed by atoms with E-state index in [9.17, 15) is 4.79 Å². The molecule has 112 valence electrons. The van der Waals surface area contributed by atoms with E-state index in [2.05, 4.69) is 22.2 Å². The normalized spacial score (nSPS) is 17.6. The van der Waals surface area contributed by atoms with Gasteiger partial charge < -0.3 is 10.2 Å². The van der Waals surface area contributed by atoms with E-state index < -0.39 is 0 Å². The molecule has 3 rings (SSSR count). The van der Waals surface area contributed by atoms with E-state index in [1.54, 1.807) is 36.7 Å². The van der Waals surface area contributed by atoms with Gasteiger partial charge in [-0.1, -0.05) is 6.92 Å². The molecule has 21 heavy (non-hydrogen) atoms. The highest BCUT2D eigenvalue weighted by Crippen LogP contribution is 2.39. The topological polar surface area (TPSA) is 58.1 Å². The lowest BCUT2D eigenvalue weighted by Gasteiger charge is -2.18. The summed E-state index contributed by atoms with van der Waals surface area (Å²) in [7, 11) is 3.51. The molecule has 2 aromatic rings. The Morgan fingerprint density at radius 3 is 3.05 bits per heavy atom. The number of carbonyl (C=O) groups excluding carboxylic acids is 1. The predicted molar refractivity (Wildman–Crippen MR) is 85.8 cm³/mol. The van der Waals surface area contributed by atoms with Crippen LogP contribution in [0, 0.1) is 5.92 Å². The summed E-state index contributed by atoms with van der Waals surface area (Å²) in [5.74, 6) is 1.58. The summed E-state index contributed by atoms with van der Waals surface area (Å²) in [4.78, 5) is 24.5. The van der Waals surface area contributed by atoms with Crippen LogP contribution in [0.4, 0.5) is 5.82 Å². The molecule has 1 N–H and O–H groups in total. The van der Waals surface area contributed by atoms with Crippen LogP contribution in [0.5, 0.6) is 0 Å². The predicted octanol–water partition coefficient (Wildman–Crippen LogP) is 2.32. The molecule has 0 spiro atoms. The van der Waals surface area contributed by atoms with Crippen molar-refractivity contribution >= 4 is 33.3 Å². The Morgan fingerprint density at radius 1 is 1.48 bits per heavy atom. The van der Waals surface area contributed by atoms with E-state index in [0.29, 0.717) is 0 Å². The fourth-order valence-corrected chi connectivity index (χ4v) is 4.08. The van der Waals surface area contributed by atoms with Gasteiger partial charge in [0.1, 0.15) is 17.0 Å². The van der Waals surface area contributed by atoms with Crippen LogP contribution in [0.1, 0.15) is 23.8 Å². The van der Waals surface area contributed by atoms with E-state index in [0.717, 1.165) is 34.8 Å². The standard InChI is InChI=1S/C15H20N4OS/c1-9-4-5-10-11(6-9)21-15-13(10)14(17-8-18-15)16-7-12(20)19(2)3/h8-9H,4-7H2,1-3H3,(H,16,17,18)/t9-/m1/s1. The van der Waals surface area contributed by atoms with Gasteiger partial charge in [0.05, 0.1) is 11.9 Å². The van der Waals surface area contributed by atoms with Crippen LogP contribution in [0.3, 0.4) is 0 Å². The Hall–Kier alpha value is -1.69. The van der Waals surface area contributed by atoms with Gasteiger partial charge in [-0.2, -0.15) is 0 Å². The Morgan fingerprint density at radius 2 is 2.29 bits per heavy atom. The lowest BCUT2D eigenvalue weighted by atomic mass is 9.89. The number of carbonyl (C=O) groups is 1. The summed E-state index contributed by atoms with van der Waals surface area (Å²) in [6.07, 6.45) is 5.01. The highest BCUT2D eigenvalue weighted by Gasteiger charge is 2.23. The van der Waals surface area contributed by atoms with Crippen molar-refractivity contribution in [3.63, 3.8) is 0 Å². The summed E-state index contributed by atoms with van der Waals surface area (Å²) >= 11 is 1.77. The third-order valence-corrected chi connectivity index (χ3v) is 5.16. The van der Waals surface area contributed by atoms with Crippen molar-refractivity contribution < 1.29 is 4.79 Å². The molecule has 0 bridgehead atoms. The molecular weight excluding hydrogens is 284 g/mol. The second-order valence-electron chi connectivity index (χ2n) is 5.90. The minimum absolute atomic E-state index is 0.0412. The number of aromatic nitrogens is 2. The van der Waals surface area contributed by atoms with Gasteiger partial charge >= 0.3 is 0 Å². The maximum Gasteiger partial charge on any atom is 0.241 e. The van der Waals surface area contributed by atoms with Crippen molar-refractivity contribution in [3.8, 4) is 0 Å². The van der Waals surface area contributed by atoms with Crippen LogP contribution >= 0.6 is 11.3 Å². The summed E-state index contributed by atoms with van der Waals surface area (Å²) in [6.45, 7) is 2.56. The number of hydrogen-bond donors (Lipinski definition) is 1. The molecule has 1 aliphatic carbocycles. The Labute approximate surface area is 128 Å². The van der Waals surface area contributed by atoms with Gasteiger partial charge in [-0.15, -0.1) is 11.3 Å². The number of nitrogens with one attached hydrogen (secondary N) is 1. The largest absolute Gasteiger partial charge is 0.360 e. The van der Waals surface area contributed by atoms with Gasteiger partial charge in [-0.3, -0.25) is 4.79 Å². The average molecular weight is 304 g/mol. The number of rotatable bonds is 3. The maximum atomic E-state index is 11.7. The highest BCUT2D eigenvalue weighted by molar-refractivity contribution is 7.19. The van der Waals surface area contributed by atoms with E-state index in [1.165, 1.54) is 16.9 Å². The van der Waals surface area contributed by atoms with Crippen LogP contribution in [-0.4, -0.2) is 41.4 Å². The van der Waals surface area contributed by atoms with Crippen LogP contribution in [-0.2, 0) is 17.6 Å². The summed E-state index contributed by atoms with van der Waals surface area (Å²) in [6, 6.07) is 0. The Bertz CT molecular complexity index is 680. The van der Waals surface area contributed by atoms with Crippen molar-refractivity contribution in [2.75, 3.05) is 26.0 Å². The van der Waals surface area contributed by atoms with Crippen LogP contribution < -0.4 is 5.32 Å². The number of aryl methyl sites for hydroxylation is 1. The third-order valence-electron chi connectivity index (χ3n) is 4.00. The van der Waals surface area contributed by atoms with Crippen LogP contribution in [0.15, 0.2) is 6.33 Å². The molecule has 1 atom stereocenters. The molecule has 0 unspecified atom stereocenters. The minimum atomic E-state index is 0.0412. The molecule has 0 fully saturated rings. The van der Waals surface area contributed by atoms with E-state index in [4.69, 9.17) is 0 Å². The molecular formula is C15H20N4OS. The second-order valence-corrected chi connectivity index (χ2v) is 6.98. The fourth-order valence-electron chi connectivity index (χ4n) is 2.73. The highest BCUT2D eigenvalue weighted by atomic mass is 32.1. The summed E-state index contributed by atoms with van der Waals surface area (Å²) in [5, 5.41) is 4.30. The average Bonchev–Trinajstić information content (AvgIpc) is 2.82. The second kappa shape index (κ2) is 5.60. The molecule has 5 nitrogen and oxygen atoms in total. The Kier molecular flexibility index (Phi) is 3.80. The first kappa shape index (κ1) is 14.3. The zero-order valence-electron chi connectivity index (χ0n) is 12.6. The van der Waals surface area contributed by atoms with Crippen LogP contribution in [0.2, 0.25) is 0 Å². The molecule has 0 aliphatic heterocycles. The molecule has 0 radical (unpaired) electrons. The summed E-state index contributed by atoms with van der Waals surface area (Å²) in [5.41, 5.74) is 1.38. The van der Waals surface area contributed by atoms with Gasteiger partial charge in [-0.25, -0.2) is 9.97 Å². The molecule has 0 saturated heterocycles. The SMILES string of the molecule is C[C@@H]1CCc2c(sc3ncnc(NCC(=O)N(C)C)c23)C1. The number of amides is 1. The Balaban J connectivity index is 1.94. The fraction of sp³-hybridized carbons (Fsp3) is 0.533. The quantitative estimate of drug-likeness (QED) is 0.945. The number of fused-ring (bicyclic) bond motifs is 3. The van der Waals surface area contributed by atoms with Gasteiger partial charge in [-0.05, 0) is 30.7 Å². The van der Waals surface area contributed by atoms with E-state index >= 15 is 0 Å². The molecule has 1 amide bonds. The first-order valence-electron chi connectivity index (χ1n) is 7.25. The number of thiophene rings is 1. The molecule has 0 saturated carbocycles. The first-order chi connectivity index (χ1) is 10.1. The lowest BCUT2D eigenvalue weighted by Crippen LogP contribution is -2.28. The number of nitrogens with zero attached hydrogens (tertiary/aromatic N) is 3. The van der Waals surface area contributed by atoms with Crippen LogP contribution in [0.25, 0.3) is 10.2 Å². The van der Waals surface area contributed by atoms with E-state index in [-0.39, 0.29) is 12.5 Å². The molecule has 1 aliphatic rings. The van der Waals surface area contributed by atoms with Gasteiger partial charge in [0.25, 0.3) is 0 Å². The molecule has 0 aromatic carbocycles. The number of hydrogen-bond acceptors (Lipinski definition) is 5. The summed E-state index contributed by atoms with van der Waals surface area (Å²) < 4.78 is 0. The van der Waals surface area contributed by atoms with E-state index in [1.807, 2.05) is 0 Å². The molecule has 2 aromatic heterocycles. The van der Waals surface area contributed by atoms with Crippen molar-refractivity contribution in [1.29, 1.82) is 0 Å². The van der Waals surface area contributed by atoms with Crippen molar-refractivity contribution in [3.05, 3.63) is 16.8 Å². The number of anilines is 1. The lowest BCUT2D eigenvalue weighted by molar-refractivity contribution is -0.126. The zero-order valence-corrected chi connectivity index (χ0v) is 13.5. The molecule has 2 heterocycles. The third kappa shape index (κ3) is 2.72. The maximum absolute atomic E-state index is 11.7. The first-order valence-corrected chi connectivity index (χ1v) is 8.07. The van der Waals surface area contributed by atoms with Crippen molar-refractivity contribution in [2.45, 2.75) is 26.2 Å². The van der Waals surface area contributed by atoms with Crippen molar-refractivity contribution in [1.82, 2.24) is 14.9 Å². The molecule has 6 heteroatoms. The van der Waals surface area contributed by atoms with Gasteiger partial charge in [0.2, 0.25) is 5.91 Å². The van der Waals surface area contributed by atoms with Gasteiger partial charge in [0.15, 0.2) is 0 Å². The monoisotopic (exact) mass is 304 g/mol.